The highest BCUT2D eigenvalue weighted by Gasteiger charge is 2.45. The molecule has 2 aliphatic heterocycles. The molecule has 0 radical (unpaired) electrons. The molecule has 354 valence electrons. The average molecular weight is 936 g/mol. The number of para-hydroxylation sites is 3. The fraction of sp³-hybridized carbons (Fsp3) is 0.194. The smallest absolute Gasteiger partial charge is 0.252 e. The van der Waals surface area contributed by atoms with E-state index in [9.17, 15) is 0 Å². The first-order valence-electron chi connectivity index (χ1n) is 25.5. The summed E-state index contributed by atoms with van der Waals surface area (Å²) in [6.45, 7) is 34.1. The minimum absolute atomic E-state index is 0.0278. The molecule has 0 bridgehead atoms. The van der Waals surface area contributed by atoms with Crippen molar-refractivity contribution in [2.24, 2.45) is 0 Å². The van der Waals surface area contributed by atoms with Crippen molar-refractivity contribution in [3.63, 3.8) is 0 Å². The minimum Gasteiger partial charge on any atom is -0.455 e. The van der Waals surface area contributed by atoms with E-state index in [4.69, 9.17) is 4.42 Å². The van der Waals surface area contributed by atoms with E-state index in [2.05, 4.69) is 231 Å². The van der Waals surface area contributed by atoms with Crippen LogP contribution in [-0.4, -0.2) is 11.3 Å². The molecule has 0 amide bonds. The van der Waals surface area contributed by atoms with Crippen LogP contribution in [0.1, 0.15) is 86.1 Å². The van der Waals surface area contributed by atoms with Gasteiger partial charge in [-0.1, -0.05) is 140 Å². The Morgan fingerprint density at radius 3 is 1.75 bits per heavy atom. The van der Waals surface area contributed by atoms with Crippen LogP contribution in [0, 0.1) is 34.6 Å². The second kappa shape index (κ2) is 16.1. The van der Waals surface area contributed by atoms with Crippen LogP contribution in [-0.2, 0) is 10.8 Å². The quantitative estimate of drug-likeness (QED) is 0.161. The van der Waals surface area contributed by atoms with Gasteiger partial charge >= 0.3 is 0 Å². The van der Waals surface area contributed by atoms with Crippen LogP contribution in [0.4, 0.5) is 34.1 Å². The zero-order valence-electron chi connectivity index (χ0n) is 43.7. The SMILES string of the molecule is C=C/C(c1cc(C)c(N2c3cc4c(cc3B3c5ccc(C(C)(C)C)cc5N(c5c(C)cccc5C)c5cc(C)cc2c53)c2cc(C(C)(C)C)ccc2n4-c2ccccc2)c(C)c1)=c1/oc2ccccc2c1=C. The maximum atomic E-state index is 6.55. The molecule has 0 saturated carbocycles. The molecule has 0 N–H and O–H groups in total. The molecule has 0 fully saturated rings. The number of fused-ring (bicyclic) bond motifs is 8. The molecule has 0 aliphatic carbocycles. The minimum atomic E-state index is -0.0549. The molecule has 0 spiro atoms. The zero-order valence-corrected chi connectivity index (χ0v) is 43.7. The number of furan rings is 1. The summed E-state index contributed by atoms with van der Waals surface area (Å²) in [6.07, 6.45) is 1.92. The number of allylic oxidation sites excluding steroid dienone is 1. The van der Waals surface area contributed by atoms with Crippen LogP contribution in [0.25, 0.3) is 50.6 Å². The van der Waals surface area contributed by atoms with Crippen molar-refractivity contribution < 1.29 is 4.42 Å². The Kier molecular flexibility index (Phi) is 10.2. The van der Waals surface area contributed by atoms with Crippen LogP contribution in [0.3, 0.4) is 0 Å². The van der Waals surface area contributed by atoms with Gasteiger partial charge in [0.05, 0.1) is 22.4 Å². The largest absolute Gasteiger partial charge is 0.455 e. The van der Waals surface area contributed by atoms with Gasteiger partial charge in [0.2, 0.25) is 0 Å². The molecule has 72 heavy (non-hydrogen) atoms. The predicted octanol–water partition coefficient (Wildman–Crippen LogP) is 14.5. The molecule has 10 aromatic rings. The van der Waals surface area contributed by atoms with E-state index in [1.54, 1.807) is 0 Å². The van der Waals surface area contributed by atoms with Crippen LogP contribution in [0.15, 0.2) is 163 Å². The van der Waals surface area contributed by atoms with Gasteiger partial charge in [-0.05, 0) is 173 Å². The van der Waals surface area contributed by atoms with Crippen molar-refractivity contribution in [1.29, 1.82) is 0 Å². The zero-order chi connectivity index (χ0) is 50.3. The molecule has 0 saturated heterocycles. The highest BCUT2D eigenvalue weighted by Crippen LogP contribution is 2.49. The first-order valence-corrected chi connectivity index (χ1v) is 25.5. The monoisotopic (exact) mass is 935 g/mol. The van der Waals surface area contributed by atoms with E-state index in [-0.39, 0.29) is 17.5 Å². The molecule has 0 atom stereocenters. The van der Waals surface area contributed by atoms with E-state index in [0.717, 1.165) is 49.6 Å². The molecule has 12 rings (SSSR count). The number of benzene rings is 8. The predicted molar refractivity (Wildman–Crippen MR) is 310 cm³/mol. The van der Waals surface area contributed by atoms with Crippen LogP contribution < -0.4 is 36.8 Å². The molecule has 2 aliphatic rings. The molecule has 4 heterocycles. The first kappa shape index (κ1) is 45.4. The summed E-state index contributed by atoms with van der Waals surface area (Å²) in [6, 6.07) is 54.8. The topological polar surface area (TPSA) is 24.6 Å². The van der Waals surface area contributed by atoms with Gasteiger partial charge in [0, 0.05) is 55.4 Å². The number of hydrogen-bond donors (Lipinski definition) is 0. The van der Waals surface area contributed by atoms with Crippen molar-refractivity contribution in [3.05, 3.63) is 213 Å². The number of rotatable bonds is 5. The fourth-order valence-electron chi connectivity index (χ4n) is 12.2. The Morgan fingerprint density at radius 1 is 0.528 bits per heavy atom. The molecular formula is C67H62BN3O. The van der Waals surface area contributed by atoms with E-state index in [0.29, 0.717) is 0 Å². The molecular weight excluding hydrogens is 874 g/mol. The third-order valence-electron chi connectivity index (χ3n) is 15.7. The highest BCUT2D eigenvalue weighted by molar-refractivity contribution is 7.00. The van der Waals surface area contributed by atoms with E-state index < -0.39 is 0 Å². The van der Waals surface area contributed by atoms with Gasteiger partial charge in [0.25, 0.3) is 6.71 Å². The van der Waals surface area contributed by atoms with Gasteiger partial charge in [-0.3, -0.25) is 0 Å². The van der Waals surface area contributed by atoms with Crippen molar-refractivity contribution in [3.8, 4) is 5.69 Å². The van der Waals surface area contributed by atoms with Gasteiger partial charge in [0.15, 0.2) is 0 Å². The number of nitrogens with zero attached hydrogens (tertiary/aromatic N) is 3. The Morgan fingerprint density at radius 2 is 1.11 bits per heavy atom. The third kappa shape index (κ3) is 6.80. The second-order valence-corrected chi connectivity index (χ2v) is 22.6. The third-order valence-corrected chi connectivity index (χ3v) is 15.7. The second-order valence-electron chi connectivity index (χ2n) is 22.6. The Bertz CT molecular complexity index is 4020. The van der Waals surface area contributed by atoms with Gasteiger partial charge in [-0.15, -0.1) is 0 Å². The van der Waals surface area contributed by atoms with E-state index >= 15 is 0 Å². The summed E-state index contributed by atoms with van der Waals surface area (Å²) in [7, 11) is 0. The molecule has 0 unspecified atom stereocenters. The summed E-state index contributed by atoms with van der Waals surface area (Å²) in [4.78, 5) is 5.21. The van der Waals surface area contributed by atoms with Gasteiger partial charge in [0.1, 0.15) is 11.0 Å². The summed E-state index contributed by atoms with van der Waals surface area (Å²) >= 11 is 0. The van der Waals surface area contributed by atoms with Gasteiger partial charge < -0.3 is 18.8 Å². The van der Waals surface area contributed by atoms with Gasteiger partial charge in [-0.2, -0.15) is 0 Å². The fourth-order valence-corrected chi connectivity index (χ4v) is 12.2. The number of aryl methyl sites for hydroxylation is 5. The highest BCUT2D eigenvalue weighted by atomic mass is 16.3. The molecule has 4 nitrogen and oxygen atoms in total. The van der Waals surface area contributed by atoms with Crippen molar-refractivity contribution in [2.75, 3.05) is 9.80 Å². The number of aromatic nitrogens is 1. The number of hydrogen-bond acceptors (Lipinski definition) is 3. The van der Waals surface area contributed by atoms with Crippen molar-refractivity contribution >= 4 is 102 Å². The first-order chi connectivity index (χ1) is 34.4. The molecule has 5 heteroatoms. The standard InChI is InChI=1S/C67H62BN3O/c1-14-49(65-44(7)50-25-18-19-26-61(50)72-65)45-33-42(5)64(43(6)34-45)71-58-38-56-52(51-35-46(66(8,9)10)28-30-55(51)69(56)48-23-16-15-17-24-48)37-54(58)68-53-29-27-47(67(11,12)13)36-57(53)70(63-40(3)21-20-22-41(63)4)59-31-39(2)32-60(71)62(59)68/h14-38H,1,7H2,2-6,8-13H3/b65-49-. The van der Waals surface area contributed by atoms with E-state index in [1.807, 2.05) is 24.3 Å². The van der Waals surface area contributed by atoms with Crippen LogP contribution in [0.5, 0.6) is 0 Å². The maximum absolute atomic E-state index is 6.55. The Labute approximate surface area is 424 Å². The lowest BCUT2D eigenvalue weighted by molar-refractivity contribution is 0.573. The Balaban J connectivity index is 1.22. The number of anilines is 6. The lowest BCUT2D eigenvalue weighted by Crippen LogP contribution is -2.61. The molecule has 8 aromatic carbocycles. The lowest BCUT2D eigenvalue weighted by atomic mass is 9.33. The van der Waals surface area contributed by atoms with Crippen molar-refractivity contribution in [1.82, 2.24) is 4.57 Å². The van der Waals surface area contributed by atoms with Crippen molar-refractivity contribution in [2.45, 2.75) is 87.0 Å². The average Bonchev–Trinajstić information content (AvgIpc) is 3.84. The van der Waals surface area contributed by atoms with Gasteiger partial charge in [-0.25, -0.2) is 0 Å². The lowest BCUT2D eigenvalue weighted by Gasteiger charge is -2.46. The van der Waals surface area contributed by atoms with Crippen LogP contribution in [0.2, 0.25) is 0 Å². The normalized spacial score (nSPS) is 13.7. The van der Waals surface area contributed by atoms with Crippen LogP contribution >= 0.6 is 0 Å². The summed E-state index contributed by atoms with van der Waals surface area (Å²) in [5, 5.41) is 4.41. The Hall–Kier alpha value is -7.76. The summed E-state index contributed by atoms with van der Waals surface area (Å²) in [5.74, 6) is 0. The maximum Gasteiger partial charge on any atom is 0.252 e. The molecule has 2 aromatic heterocycles. The summed E-state index contributed by atoms with van der Waals surface area (Å²) in [5.41, 5.74) is 26.8. The summed E-state index contributed by atoms with van der Waals surface area (Å²) < 4.78 is 9.04. The van der Waals surface area contributed by atoms with E-state index in [1.165, 1.54) is 100 Å².